The first-order chi connectivity index (χ1) is 16.6. The molecule has 1 aliphatic rings. The van der Waals surface area contributed by atoms with E-state index in [0.29, 0.717) is 5.82 Å². The standard InChI is InChI=1S/C27H27FN6/c1-3-23(19-5-8-21(28)9-6-19)33-27-12-25-20(13-30-27)7-11-24(32-25)26-15-29-14-22(31-26)10-4-18-16-34(2)17-18/h3,5-9,11-15,18H,4,10,16-17H2,1-2H3,(H,30,33)/b23-3+. The third-order valence-corrected chi connectivity index (χ3v) is 6.18. The number of aryl methyl sites for hydroxylation is 1. The molecule has 0 unspecified atom stereocenters. The molecule has 4 heterocycles. The van der Waals surface area contributed by atoms with Crippen molar-refractivity contribution >= 4 is 22.4 Å². The van der Waals surface area contributed by atoms with Crippen LogP contribution in [-0.4, -0.2) is 45.0 Å². The molecule has 1 aromatic carbocycles. The Morgan fingerprint density at radius 2 is 1.88 bits per heavy atom. The van der Waals surface area contributed by atoms with Crippen molar-refractivity contribution in [1.82, 2.24) is 24.8 Å². The molecule has 7 heteroatoms. The van der Waals surface area contributed by atoms with Crippen LogP contribution in [0.1, 0.15) is 24.6 Å². The highest BCUT2D eigenvalue weighted by Gasteiger charge is 2.22. The predicted octanol–water partition coefficient (Wildman–Crippen LogP) is 5.19. The molecule has 0 aliphatic carbocycles. The van der Waals surface area contributed by atoms with Crippen molar-refractivity contribution < 1.29 is 4.39 Å². The maximum atomic E-state index is 13.3. The number of halogens is 1. The van der Waals surface area contributed by atoms with Crippen LogP contribution in [0.5, 0.6) is 0 Å². The molecule has 4 aromatic rings. The number of nitrogens with one attached hydrogen (secondary N) is 1. The molecule has 1 fully saturated rings. The lowest BCUT2D eigenvalue weighted by molar-refractivity contribution is 0.127. The van der Waals surface area contributed by atoms with E-state index in [-0.39, 0.29) is 5.82 Å². The normalized spacial score (nSPS) is 14.9. The summed E-state index contributed by atoms with van der Waals surface area (Å²) in [6.07, 6.45) is 9.42. The highest BCUT2D eigenvalue weighted by Crippen LogP contribution is 2.24. The molecule has 0 spiro atoms. The van der Waals surface area contributed by atoms with Gasteiger partial charge in [0.25, 0.3) is 0 Å². The summed E-state index contributed by atoms with van der Waals surface area (Å²) in [5, 5.41) is 4.26. The number of aromatic nitrogens is 4. The third kappa shape index (κ3) is 4.94. The average Bonchev–Trinajstić information content (AvgIpc) is 2.85. The Morgan fingerprint density at radius 1 is 1.06 bits per heavy atom. The summed E-state index contributed by atoms with van der Waals surface area (Å²) in [5.74, 6) is 1.16. The second-order valence-electron chi connectivity index (χ2n) is 8.81. The van der Waals surface area contributed by atoms with Crippen molar-refractivity contribution in [2.45, 2.75) is 19.8 Å². The van der Waals surface area contributed by atoms with Crippen molar-refractivity contribution in [3.8, 4) is 11.4 Å². The van der Waals surface area contributed by atoms with Gasteiger partial charge in [-0.05, 0) is 62.6 Å². The van der Waals surface area contributed by atoms with Gasteiger partial charge in [0.15, 0.2) is 0 Å². The predicted molar refractivity (Wildman–Crippen MR) is 134 cm³/mol. The number of fused-ring (bicyclic) bond motifs is 1. The first-order valence-electron chi connectivity index (χ1n) is 11.5. The number of hydrogen-bond acceptors (Lipinski definition) is 6. The van der Waals surface area contributed by atoms with Gasteiger partial charge in [0.1, 0.15) is 17.3 Å². The lowest BCUT2D eigenvalue weighted by Gasteiger charge is -2.36. The smallest absolute Gasteiger partial charge is 0.132 e. The fourth-order valence-electron chi connectivity index (χ4n) is 4.32. The monoisotopic (exact) mass is 454 g/mol. The Bertz CT molecular complexity index is 1330. The zero-order valence-corrected chi connectivity index (χ0v) is 19.4. The Hall–Kier alpha value is -3.71. The lowest BCUT2D eigenvalue weighted by atomic mass is 9.95. The molecule has 0 saturated carbocycles. The van der Waals surface area contributed by atoms with Crippen LogP contribution in [0.4, 0.5) is 10.2 Å². The highest BCUT2D eigenvalue weighted by molar-refractivity contribution is 5.84. The number of allylic oxidation sites excluding steroid dienone is 1. The summed E-state index contributed by atoms with van der Waals surface area (Å²) >= 11 is 0. The number of likely N-dealkylation sites (tertiary alicyclic amines) is 1. The second-order valence-corrected chi connectivity index (χ2v) is 8.81. The van der Waals surface area contributed by atoms with E-state index in [0.717, 1.165) is 58.0 Å². The summed E-state index contributed by atoms with van der Waals surface area (Å²) in [6.45, 7) is 4.26. The van der Waals surface area contributed by atoms with E-state index in [9.17, 15) is 4.39 Å². The Morgan fingerprint density at radius 3 is 2.65 bits per heavy atom. The third-order valence-electron chi connectivity index (χ3n) is 6.18. The van der Waals surface area contributed by atoms with Gasteiger partial charge in [0.2, 0.25) is 0 Å². The van der Waals surface area contributed by atoms with Gasteiger partial charge in [0.05, 0.1) is 23.1 Å². The minimum atomic E-state index is -0.262. The quantitative estimate of drug-likeness (QED) is 0.414. The van der Waals surface area contributed by atoms with Gasteiger partial charge in [0, 0.05) is 42.6 Å². The molecular formula is C27H27FN6. The van der Waals surface area contributed by atoms with Gasteiger partial charge >= 0.3 is 0 Å². The number of nitrogens with zero attached hydrogens (tertiary/aromatic N) is 5. The number of benzene rings is 1. The minimum Gasteiger partial charge on any atom is -0.340 e. The van der Waals surface area contributed by atoms with Crippen molar-refractivity contribution in [3.63, 3.8) is 0 Å². The molecule has 1 aliphatic heterocycles. The van der Waals surface area contributed by atoms with Gasteiger partial charge in [-0.25, -0.2) is 19.3 Å². The SMILES string of the molecule is C/C=C(/Nc1cc2nc(-c3cncc(CCC4CN(C)C4)n3)ccc2cn1)c1ccc(F)cc1. The van der Waals surface area contributed by atoms with E-state index in [2.05, 4.69) is 27.2 Å². The summed E-state index contributed by atoms with van der Waals surface area (Å²) < 4.78 is 13.3. The van der Waals surface area contributed by atoms with Gasteiger partial charge < -0.3 is 10.2 Å². The fourth-order valence-corrected chi connectivity index (χ4v) is 4.32. The highest BCUT2D eigenvalue weighted by atomic mass is 19.1. The molecule has 5 rings (SSSR count). The topological polar surface area (TPSA) is 66.8 Å². The van der Waals surface area contributed by atoms with E-state index < -0.39 is 0 Å². The molecule has 0 radical (unpaired) electrons. The number of pyridine rings is 2. The lowest BCUT2D eigenvalue weighted by Crippen LogP contribution is -2.43. The van der Waals surface area contributed by atoms with Gasteiger partial charge in [-0.3, -0.25) is 4.98 Å². The molecule has 0 atom stereocenters. The second kappa shape index (κ2) is 9.65. The summed E-state index contributed by atoms with van der Waals surface area (Å²) in [4.78, 5) is 20.9. The molecule has 6 nitrogen and oxygen atoms in total. The van der Waals surface area contributed by atoms with Crippen LogP contribution in [0, 0.1) is 11.7 Å². The molecule has 34 heavy (non-hydrogen) atoms. The van der Waals surface area contributed by atoms with Crippen molar-refractivity contribution in [1.29, 1.82) is 0 Å². The number of anilines is 1. The molecule has 1 N–H and O–H groups in total. The summed E-state index contributed by atoms with van der Waals surface area (Å²) in [6, 6.07) is 12.2. The number of rotatable bonds is 7. The van der Waals surface area contributed by atoms with Crippen LogP contribution < -0.4 is 5.32 Å². The molecule has 172 valence electrons. The van der Waals surface area contributed by atoms with E-state index in [4.69, 9.17) is 9.97 Å². The largest absolute Gasteiger partial charge is 0.340 e. The maximum absolute atomic E-state index is 13.3. The van der Waals surface area contributed by atoms with Gasteiger partial charge in [-0.15, -0.1) is 0 Å². The molecule has 3 aromatic heterocycles. The summed E-state index contributed by atoms with van der Waals surface area (Å²) in [7, 11) is 2.15. The minimum absolute atomic E-state index is 0.262. The van der Waals surface area contributed by atoms with Crippen molar-refractivity contribution in [2.75, 3.05) is 25.5 Å². The first kappa shape index (κ1) is 22.1. The molecule has 0 bridgehead atoms. The van der Waals surface area contributed by atoms with Crippen LogP contribution in [0.3, 0.4) is 0 Å². The van der Waals surface area contributed by atoms with Crippen LogP contribution >= 0.6 is 0 Å². The van der Waals surface area contributed by atoms with E-state index in [1.165, 1.54) is 25.2 Å². The van der Waals surface area contributed by atoms with E-state index in [1.807, 2.05) is 37.4 Å². The molecular weight excluding hydrogens is 427 g/mol. The van der Waals surface area contributed by atoms with Crippen LogP contribution in [0.15, 0.2) is 67.1 Å². The van der Waals surface area contributed by atoms with Crippen molar-refractivity contribution in [2.24, 2.45) is 5.92 Å². The first-order valence-corrected chi connectivity index (χ1v) is 11.5. The van der Waals surface area contributed by atoms with E-state index >= 15 is 0 Å². The van der Waals surface area contributed by atoms with Gasteiger partial charge in [-0.2, -0.15) is 0 Å². The molecule has 1 saturated heterocycles. The average molecular weight is 455 g/mol. The van der Waals surface area contributed by atoms with Crippen molar-refractivity contribution in [3.05, 3.63) is 84.2 Å². The Labute approximate surface area is 198 Å². The van der Waals surface area contributed by atoms with Crippen LogP contribution in [0.25, 0.3) is 28.0 Å². The zero-order chi connectivity index (χ0) is 23.5. The maximum Gasteiger partial charge on any atom is 0.132 e. The summed E-state index contributed by atoms with van der Waals surface area (Å²) in [5.41, 5.74) is 5.11. The Kier molecular flexibility index (Phi) is 6.27. The zero-order valence-electron chi connectivity index (χ0n) is 19.4. The molecule has 0 amide bonds. The van der Waals surface area contributed by atoms with Crippen LogP contribution in [0.2, 0.25) is 0 Å². The van der Waals surface area contributed by atoms with Gasteiger partial charge in [-0.1, -0.05) is 18.2 Å². The van der Waals surface area contributed by atoms with Crippen LogP contribution in [-0.2, 0) is 6.42 Å². The Balaban J connectivity index is 1.36. The van der Waals surface area contributed by atoms with E-state index in [1.54, 1.807) is 24.5 Å². The fraction of sp³-hybridized carbons (Fsp3) is 0.259. The number of hydrogen-bond donors (Lipinski definition) is 1.